The third-order valence-electron chi connectivity index (χ3n) is 3.43. The van der Waals surface area contributed by atoms with Crippen LogP contribution in [0.5, 0.6) is 5.75 Å². The Kier molecular flexibility index (Phi) is 4.69. The zero-order valence-electron chi connectivity index (χ0n) is 12.3. The maximum atomic E-state index is 6.23. The third kappa shape index (κ3) is 3.33. The van der Waals surface area contributed by atoms with Crippen molar-refractivity contribution in [1.82, 2.24) is 9.97 Å². The number of hydrogen-bond donors (Lipinski definition) is 1. The van der Waals surface area contributed by atoms with Crippen molar-refractivity contribution in [3.8, 4) is 5.75 Å². The summed E-state index contributed by atoms with van der Waals surface area (Å²) in [5, 5.41) is 0. The molecule has 0 radical (unpaired) electrons. The van der Waals surface area contributed by atoms with Gasteiger partial charge in [0.05, 0.1) is 7.11 Å². The average molecular weight is 271 g/mol. The first-order valence-corrected chi connectivity index (χ1v) is 6.75. The van der Waals surface area contributed by atoms with Gasteiger partial charge in [0.25, 0.3) is 0 Å². The van der Waals surface area contributed by atoms with Gasteiger partial charge in [0.15, 0.2) is 0 Å². The van der Waals surface area contributed by atoms with E-state index < -0.39 is 0 Å². The SMILES string of the molecule is COc1c(C)cnc(CC(N)Cc2cccnc2)c1C. The lowest BCUT2D eigenvalue weighted by Crippen LogP contribution is -2.26. The summed E-state index contributed by atoms with van der Waals surface area (Å²) >= 11 is 0. The summed E-state index contributed by atoms with van der Waals surface area (Å²) in [6.07, 6.45) is 7.00. The molecule has 0 aliphatic heterocycles. The van der Waals surface area contributed by atoms with Crippen molar-refractivity contribution in [2.75, 3.05) is 7.11 Å². The molecule has 0 aliphatic rings. The van der Waals surface area contributed by atoms with Crippen LogP contribution < -0.4 is 10.5 Å². The number of pyridine rings is 2. The Morgan fingerprint density at radius 1 is 1.25 bits per heavy atom. The van der Waals surface area contributed by atoms with Crippen LogP contribution in [0.3, 0.4) is 0 Å². The summed E-state index contributed by atoms with van der Waals surface area (Å²) in [6.45, 7) is 4.03. The molecular formula is C16H21N3O. The summed E-state index contributed by atoms with van der Waals surface area (Å²) in [4.78, 5) is 8.60. The molecule has 0 spiro atoms. The fraction of sp³-hybridized carbons (Fsp3) is 0.375. The molecule has 2 N–H and O–H groups in total. The highest BCUT2D eigenvalue weighted by atomic mass is 16.5. The summed E-state index contributed by atoms with van der Waals surface area (Å²) in [5.74, 6) is 0.906. The van der Waals surface area contributed by atoms with Crippen molar-refractivity contribution in [1.29, 1.82) is 0 Å². The number of nitrogens with two attached hydrogens (primary N) is 1. The maximum absolute atomic E-state index is 6.23. The van der Waals surface area contributed by atoms with E-state index in [-0.39, 0.29) is 6.04 Å². The highest BCUT2D eigenvalue weighted by Crippen LogP contribution is 2.24. The minimum absolute atomic E-state index is 0.0258. The molecule has 0 saturated carbocycles. The molecule has 0 aromatic carbocycles. The van der Waals surface area contributed by atoms with E-state index in [9.17, 15) is 0 Å². The maximum Gasteiger partial charge on any atom is 0.128 e. The Morgan fingerprint density at radius 3 is 2.70 bits per heavy atom. The van der Waals surface area contributed by atoms with Crippen LogP contribution in [0.2, 0.25) is 0 Å². The molecule has 0 saturated heterocycles. The van der Waals surface area contributed by atoms with Gasteiger partial charge in [0.2, 0.25) is 0 Å². The lowest BCUT2D eigenvalue weighted by atomic mass is 10.0. The summed E-state index contributed by atoms with van der Waals surface area (Å²) < 4.78 is 5.43. The van der Waals surface area contributed by atoms with Gasteiger partial charge in [0.1, 0.15) is 5.75 Å². The number of methoxy groups -OCH3 is 1. The van der Waals surface area contributed by atoms with Crippen LogP contribution in [0.25, 0.3) is 0 Å². The Hall–Kier alpha value is -1.94. The molecule has 1 unspecified atom stereocenters. The van der Waals surface area contributed by atoms with Crippen LogP contribution in [0.4, 0.5) is 0 Å². The summed E-state index contributed by atoms with van der Waals surface area (Å²) in [5.41, 5.74) is 10.5. The lowest BCUT2D eigenvalue weighted by molar-refractivity contribution is 0.406. The molecule has 2 heterocycles. The number of rotatable bonds is 5. The van der Waals surface area contributed by atoms with Crippen LogP contribution in [0, 0.1) is 13.8 Å². The van der Waals surface area contributed by atoms with Crippen LogP contribution in [-0.2, 0) is 12.8 Å². The van der Waals surface area contributed by atoms with Gasteiger partial charge in [-0.25, -0.2) is 0 Å². The fourth-order valence-electron chi connectivity index (χ4n) is 2.42. The second kappa shape index (κ2) is 6.48. The highest BCUT2D eigenvalue weighted by Gasteiger charge is 2.13. The molecule has 0 fully saturated rings. The van der Waals surface area contributed by atoms with Crippen molar-refractivity contribution >= 4 is 0 Å². The quantitative estimate of drug-likeness (QED) is 0.905. The monoisotopic (exact) mass is 271 g/mol. The lowest BCUT2D eigenvalue weighted by Gasteiger charge is -2.15. The molecule has 4 heteroatoms. The number of aryl methyl sites for hydroxylation is 1. The van der Waals surface area contributed by atoms with Gasteiger partial charge in [-0.15, -0.1) is 0 Å². The first-order chi connectivity index (χ1) is 9.61. The van der Waals surface area contributed by atoms with Crippen LogP contribution in [0.15, 0.2) is 30.7 Å². The number of aromatic nitrogens is 2. The van der Waals surface area contributed by atoms with Gasteiger partial charge < -0.3 is 10.5 Å². The number of hydrogen-bond acceptors (Lipinski definition) is 4. The minimum atomic E-state index is 0.0258. The van der Waals surface area contributed by atoms with Gasteiger partial charge >= 0.3 is 0 Å². The third-order valence-corrected chi connectivity index (χ3v) is 3.43. The van der Waals surface area contributed by atoms with Gasteiger partial charge in [0, 0.05) is 47.9 Å². The second-order valence-corrected chi connectivity index (χ2v) is 5.08. The van der Waals surface area contributed by atoms with Crippen molar-refractivity contribution in [3.63, 3.8) is 0 Å². The van der Waals surface area contributed by atoms with Crippen LogP contribution in [0.1, 0.15) is 22.4 Å². The molecule has 0 aliphatic carbocycles. The predicted molar refractivity (Wildman–Crippen MR) is 79.9 cm³/mol. The Labute approximate surface area is 120 Å². The zero-order valence-corrected chi connectivity index (χ0v) is 12.3. The topological polar surface area (TPSA) is 61.0 Å². The smallest absolute Gasteiger partial charge is 0.128 e. The standard InChI is InChI=1S/C16H21N3O/c1-11-9-19-15(12(2)16(11)20-3)8-14(17)7-13-5-4-6-18-10-13/h4-6,9-10,14H,7-8,17H2,1-3H3. The molecule has 20 heavy (non-hydrogen) atoms. The van der Waals surface area contributed by atoms with Crippen molar-refractivity contribution in [2.45, 2.75) is 32.7 Å². The van der Waals surface area contributed by atoms with Gasteiger partial charge in [-0.2, -0.15) is 0 Å². The van der Waals surface area contributed by atoms with Crippen molar-refractivity contribution in [3.05, 3.63) is 53.1 Å². The molecular weight excluding hydrogens is 250 g/mol. The van der Waals surface area contributed by atoms with Crippen LogP contribution in [-0.4, -0.2) is 23.1 Å². The molecule has 4 nitrogen and oxygen atoms in total. The number of ether oxygens (including phenoxy) is 1. The van der Waals surface area contributed by atoms with Gasteiger partial charge in [-0.3, -0.25) is 9.97 Å². The molecule has 1 atom stereocenters. The number of nitrogens with zero attached hydrogens (tertiary/aromatic N) is 2. The minimum Gasteiger partial charge on any atom is -0.496 e. The van der Waals surface area contributed by atoms with E-state index >= 15 is 0 Å². The van der Waals surface area contributed by atoms with E-state index in [1.54, 1.807) is 13.3 Å². The van der Waals surface area contributed by atoms with Gasteiger partial charge in [-0.1, -0.05) is 6.07 Å². The molecule has 2 aromatic heterocycles. The Morgan fingerprint density at radius 2 is 2.05 bits per heavy atom. The molecule has 106 valence electrons. The Bertz CT molecular complexity index is 569. The van der Waals surface area contributed by atoms with Crippen molar-refractivity contribution < 1.29 is 4.74 Å². The molecule has 2 aromatic rings. The molecule has 0 amide bonds. The van der Waals surface area contributed by atoms with E-state index in [2.05, 4.69) is 9.97 Å². The average Bonchev–Trinajstić information content (AvgIpc) is 2.44. The largest absolute Gasteiger partial charge is 0.496 e. The van der Waals surface area contributed by atoms with Crippen LogP contribution >= 0.6 is 0 Å². The second-order valence-electron chi connectivity index (χ2n) is 5.08. The van der Waals surface area contributed by atoms with E-state index in [0.717, 1.165) is 41.0 Å². The highest BCUT2D eigenvalue weighted by molar-refractivity contribution is 5.41. The normalized spacial score (nSPS) is 12.2. The molecule has 0 bridgehead atoms. The summed E-state index contributed by atoms with van der Waals surface area (Å²) in [7, 11) is 1.69. The van der Waals surface area contributed by atoms with Crippen molar-refractivity contribution in [2.24, 2.45) is 5.73 Å². The van der Waals surface area contributed by atoms with Gasteiger partial charge in [-0.05, 0) is 31.9 Å². The Balaban J connectivity index is 2.10. The fourth-order valence-corrected chi connectivity index (χ4v) is 2.42. The van der Waals surface area contributed by atoms with E-state index in [4.69, 9.17) is 10.5 Å². The van der Waals surface area contributed by atoms with E-state index in [0.29, 0.717) is 0 Å². The summed E-state index contributed by atoms with van der Waals surface area (Å²) in [6, 6.07) is 4.00. The molecule has 2 rings (SSSR count). The predicted octanol–water partition coefficient (Wildman–Crippen LogP) is 2.21. The first-order valence-electron chi connectivity index (χ1n) is 6.75. The first kappa shape index (κ1) is 14.5. The zero-order chi connectivity index (χ0) is 14.5. The van der Waals surface area contributed by atoms with E-state index in [1.807, 2.05) is 38.4 Å². The van der Waals surface area contributed by atoms with E-state index in [1.165, 1.54) is 0 Å².